The van der Waals surface area contributed by atoms with E-state index in [4.69, 9.17) is 0 Å². The molecule has 98 valence electrons. The van der Waals surface area contributed by atoms with Crippen molar-refractivity contribution >= 4 is 50.4 Å². The molecule has 0 unspecified atom stereocenters. The summed E-state index contributed by atoms with van der Waals surface area (Å²) in [4.78, 5) is -0.00583. The first-order valence-electron chi connectivity index (χ1n) is 5.71. The summed E-state index contributed by atoms with van der Waals surface area (Å²) in [6.07, 6.45) is 0. The standard InChI is InChI=1S/C14H16O3S.Na.H/c1-14(2,3)13-11-7-5-4-6-10(11)8-9-12(13)18(15,16)17;;/h4-9H,1-3H3,(H,15,16,17);;. The molecule has 0 aromatic heterocycles. The van der Waals surface area contributed by atoms with Gasteiger partial charge in [-0.3, -0.25) is 4.55 Å². The fraction of sp³-hybridized carbons (Fsp3) is 0.286. The molecule has 0 amide bonds. The molecule has 0 aliphatic carbocycles. The Kier molecular flexibility index (Phi) is 4.86. The molecule has 0 aliphatic heterocycles. The number of hydrogen-bond acceptors (Lipinski definition) is 2. The van der Waals surface area contributed by atoms with Crippen LogP contribution in [0.3, 0.4) is 0 Å². The first-order chi connectivity index (χ1) is 8.21. The number of hydrogen-bond donors (Lipinski definition) is 1. The Morgan fingerprint density at radius 3 is 2.11 bits per heavy atom. The third kappa shape index (κ3) is 3.38. The van der Waals surface area contributed by atoms with Crippen molar-refractivity contribution in [1.82, 2.24) is 0 Å². The van der Waals surface area contributed by atoms with Crippen molar-refractivity contribution in [2.45, 2.75) is 31.1 Å². The third-order valence-electron chi connectivity index (χ3n) is 2.92. The Morgan fingerprint density at radius 1 is 1.00 bits per heavy atom. The SMILES string of the molecule is CC(C)(C)c1c(S(=O)(=O)O)ccc2ccccc12.[NaH]. The van der Waals surface area contributed by atoms with Crippen LogP contribution < -0.4 is 0 Å². The Bertz CT molecular complexity index is 700. The van der Waals surface area contributed by atoms with Gasteiger partial charge < -0.3 is 0 Å². The number of fused-ring (bicyclic) bond motifs is 1. The monoisotopic (exact) mass is 288 g/mol. The van der Waals surface area contributed by atoms with E-state index in [9.17, 15) is 13.0 Å². The molecule has 0 fully saturated rings. The van der Waals surface area contributed by atoms with E-state index < -0.39 is 10.1 Å². The van der Waals surface area contributed by atoms with E-state index in [1.54, 1.807) is 6.07 Å². The Morgan fingerprint density at radius 2 is 1.58 bits per heavy atom. The average Bonchev–Trinajstić information content (AvgIpc) is 2.24. The quantitative estimate of drug-likeness (QED) is 0.648. The first kappa shape index (κ1) is 16.7. The first-order valence-corrected chi connectivity index (χ1v) is 7.15. The Balaban J connectivity index is 0.00000180. The minimum atomic E-state index is -4.21. The zero-order chi connectivity index (χ0) is 13.6. The molecule has 3 nitrogen and oxygen atoms in total. The molecule has 0 saturated heterocycles. The van der Waals surface area contributed by atoms with Crippen LogP contribution in [0.2, 0.25) is 0 Å². The van der Waals surface area contributed by atoms with Crippen molar-refractivity contribution in [3.63, 3.8) is 0 Å². The summed E-state index contributed by atoms with van der Waals surface area (Å²) in [5.74, 6) is 0. The van der Waals surface area contributed by atoms with Crippen molar-refractivity contribution in [3.05, 3.63) is 42.0 Å². The van der Waals surface area contributed by atoms with E-state index >= 15 is 0 Å². The van der Waals surface area contributed by atoms with Crippen molar-refractivity contribution < 1.29 is 13.0 Å². The van der Waals surface area contributed by atoms with Crippen LogP contribution in [0.4, 0.5) is 0 Å². The Labute approximate surface area is 136 Å². The second-order valence-corrected chi connectivity index (χ2v) is 6.77. The van der Waals surface area contributed by atoms with Crippen LogP contribution in [0.15, 0.2) is 41.3 Å². The maximum atomic E-state index is 11.5. The molecule has 2 aromatic rings. The van der Waals surface area contributed by atoms with Crippen LogP contribution in [0.5, 0.6) is 0 Å². The van der Waals surface area contributed by atoms with E-state index in [2.05, 4.69) is 0 Å². The summed E-state index contributed by atoms with van der Waals surface area (Å²) < 4.78 is 32.4. The van der Waals surface area contributed by atoms with Crippen LogP contribution in [0.1, 0.15) is 26.3 Å². The van der Waals surface area contributed by atoms with Gasteiger partial charge in [0.15, 0.2) is 0 Å². The van der Waals surface area contributed by atoms with Crippen LogP contribution in [-0.4, -0.2) is 42.5 Å². The van der Waals surface area contributed by atoms with E-state index in [1.165, 1.54) is 6.07 Å². The molecular formula is C14H17NaO3S. The molecule has 0 bridgehead atoms. The van der Waals surface area contributed by atoms with Gasteiger partial charge in [-0.05, 0) is 27.8 Å². The minimum absolute atomic E-state index is 0. The van der Waals surface area contributed by atoms with Gasteiger partial charge in [-0.25, -0.2) is 0 Å². The van der Waals surface area contributed by atoms with Crippen molar-refractivity contribution in [3.8, 4) is 0 Å². The number of rotatable bonds is 1. The van der Waals surface area contributed by atoms with Gasteiger partial charge in [0.1, 0.15) is 0 Å². The molecule has 19 heavy (non-hydrogen) atoms. The van der Waals surface area contributed by atoms with Crippen molar-refractivity contribution in [2.75, 3.05) is 0 Å². The molecule has 2 rings (SSSR count). The molecular weight excluding hydrogens is 271 g/mol. The number of benzene rings is 2. The molecule has 0 aliphatic rings. The summed E-state index contributed by atoms with van der Waals surface area (Å²) in [7, 11) is -4.21. The normalized spacial score (nSPS) is 12.2. The van der Waals surface area contributed by atoms with Gasteiger partial charge in [0.25, 0.3) is 10.1 Å². The molecule has 0 radical (unpaired) electrons. The van der Waals surface area contributed by atoms with Crippen LogP contribution in [0, 0.1) is 0 Å². The molecule has 2 aromatic carbocycles. The van der Waals surface area contributed by atoms with Gasteiger partial charge in [-0.2, -0.15) is 8.42 Å². The summed E-state index contributed by atoms with van der Waals surface area (Å²) in [6, 6.07) is 10.8. The van der Waals surface area contributed by atoms with Gasteiger partial charge >= 0.3 is 29.6 Å². The fourth-order valence-electron chi connectivity index (χ4n) is 2.24. The van der Waals surface area contributed by atoms with Gasteiger partial charge in [0, 0.05) is 0 Å². The van der Waals surface area contributed by atoms with Gasteiger partial charge in [0.05, 0.1) is 4.90 Å². The van der Waals surface area contributed by atoms with E-state index in [0.717, 1.165) is 10.8 Å². The average molecular weight is 288 g/mol. The van der Waals surface area contributed by atoms with Crippen LogP contribution >= 0.6 is 0 Å². The molecule has 0 spiro atoms. The topological polar surface area (TPSA) is 54.4 Å². The van der Waals surface area contributed by atoms with E-state index in [1.807, 2.05) is 45.0 Å². The van der Waals surface area contributed by atoms with Crippen LogP contribution in [0.25, 0.3) is 10.8 Å². The fourth-order valence-corrected chi connectivity index (χ4v) is 3.15. The summed E-state index contributed by atoms with van der Waals surface area (Å²) >= 11 is 0. The molecule has 0 atom stereocenters. The summed E-state index contributed by atoms with van der Waals surface area (Å²) in [6.45, 7) is 5.80. The molecule has 0 heterocycles. The third-order valence-corrected chi connectivity index (χ3v) is 3.81. The van der Waals surface area contributed by atoms with E-state index in [-0.39, 0.29) is 39.9 Å². The second kappa shape index (κ2) is 5.54. The zero-order valence-electron chi connectivity index (χ0n) is 10.6. The second-order valence-electron chi connectivity index (χ2n) is 5.38. The Hall–Kier alpha value is -0.390. The molecule has 0 saturated carbocycles. The predicted molar refractivity (Wildman–Crippen MR) is 79.6 cm³/mol. The summed E-state index contributed by atoms with van der Waals surface area (Å²) in [5.41, 5.74) is 0.287. The zero-order valence-corrected chi connectivity index (χ0v) is 11.5. The predicted octanol–water partition coefficient (Wildman–Crippen LogP) is 2.74. The van der Waals surface area contributed by atoms with Gasteiger partial charge in [-0.1, -0.05) is 51.1 Å². The molecule has 5 heteroatoms. The maximum absolute atomic E-state index is 11.5. The molecule has 1 N–H and O–H groups in total. The van der Waals surface area contributed by atoms with Crippen LogP contribution in [-0.2, 0) is 15.5 Å². The van der Waals surface area contributed by atoms with E-state index in [0.29, 0.717) is 5.56 Å². The van der Waals surface area contributed by atoms with Crippen molar-refractivity contribution in [2.24, 2.45) is 0 Å². The van der Waals surface area contributed by atoms with Gasteiger partial charge in [-0.15, -0.1) is 0 Å². The van der Waals surface area contributed by atoms with Gasteiger partial charge in [0.2, 0.25) is 0 Å². The summed E-state index contributed by atoms with van der Waals surface area (Å²) in [5, 5.41) is 1.83. The van der Waals surface area contributed by atoms with Crippen molar-refractivity contribution in [1.29, 1.82) is 0 Å².